The maximum atomic E-state index is 4.97. The van der Waals surface area contributed by atoms with Crippen LogP contribution in [0.2, 0.25) is 0 Å². The van der Waals surface area contributed by atoms with Crippen LogP contribution >= 0.6 is 15.9 Å². The van der Waals surface area contributed by atoms with Crippen LogP contribution in [-0.4, -0.2) is 26.0 Å². The molecule has 0 heterocycles. The molecule has 1 atom stereocenters. The molecule has 0 radical (unpaired) electrons. The van der Waals surface area contributed by atoms with E-state index in [1.807, 2.05) is 18.2 Å². The summed E-state index contributed by atoms with van der Waals surface area (Å²) < 4.78 is 0. The van der Waals surface area contributed by atoms with Crippen molar-refractivity contribution < 1.29 is 9.68 Å². The number of rotatable bonds is 5. The van der Waals surface area contributed by atoms with Gasteiger partial charge in [-0.1, -0.05) is 51.5 Å². The second-order valence-electron chi connectivity index (χ2n) is 2.76. The number of nitrogens with zero attached hydrogens (tertiary/aromatic N) is 1. The minimum atomic E-state index is 0.198. The molecule has 0 aliphatic carbocycles. The van der Waals surface area contributed by atoms with Crippen molar-refractivity contribution in [2.45, 2.75) is 4.83 Å². The van der Waals surface area contributed by atoms with Gasteiger partial charge in [0.25, 0.3) is 0 Å². The molecular formula is C10H14BrNO2. The second-order valence-corrected chi connectivity index (χ2v) is 3.86. The van der Waals surface area contributed by atoms with Crippen molar-refractivity contribution in [1.82, 2.24) is 5.23 Å². The fourth-order valence-corrected chi connectivity index (χ4v) is 1.66. The summed E-state index contributed by atoms with van der Waals surface area (Å²) in [5.74, 6) is 0. The molecule has 0 spiro atoms. The van der Waals surface area contributed by atoms with Crippen LogP contribution in [0.3, 0.4) is 0 Å². The highest BCUT2D eigenvalue weighted by Gasteiger charge is 2.12. The zero-order valence-electron chi connectivity index (χ0n) is 8.31. The molecular weight excluding hydrogens is 246 g/mol. The minimum absolute atomic E-state index is 0.198. The number of hydroxylamine groups is 2. The summed E-state index contributed by atoms with van der Waals surface area (Å²) in [7, 11) is 3.16. The van der Waals surface area contributed by atoms with Gasteiger partial charge in [0.1, 0.15) is 0 Å². The van der Waals surface area contributed by atoms with Crippen molar-refractivity contribution in [2.75, 3.05) is 20.8 Å². The van der Waals surface area contributed by atoms with Gasteiger partial charge in [-0.25, -0.2) is 0 Å². The van der Waals surface area contributed by atoms with Gasteiger partial charge in [-0.05, 0) is 5.56 Å². The number of hydrogen-bond donors (Lipinski definition) is 0. The van der Waals surface area contributed by atoms with Gasteiger partial charge in [0, 0.05) is 0 Å². The van der Waals surface area contributed by atoms with Gasteiger partial charge >= 0.3 is 0 Å². The standard InChI is InChI=1S/C10H14BrNO2/c1-13-12(14-2)8-10(11)9-6-4-3-5-7-9/h3-7,10H,8H2,1-2H3. The van der Waals surface area contributed by atoms with E-state index < -0.39 is 0 Å². The first-order valence-electron chi connectivity index (χ1n) is 4.32. The fraction of sp³-hybridized carbons (Fsp3) is 0.400. The van der Waals surface area contributed by atoms with E-state index in [2.05, 4.69) is 28.1 Å². The van der Waals surface area contributed by atoms with Crippen LogP contribution in [0, 0.1) is 0 Å². The highest BCUT2D eigenvalue weighted by atomic mass is 79.9. The van der Waals surface area contributed by atoms with Crippen LogP contribution in [0.4, 0.5) is 0 Å². The molecule has 14 heavy (non-hydrogen) atoms. The van der Waals surface area contributed by atoms with Crippen LogP contribution in [0.15, 0.2) is 30.3 Å². The molecule has 0 bridgehead atoms. The fourth-order valence-electron chi connectivity index (χ4n) is 1.12. The molecule has 1 aromatic rings. The zero-order valence-corrected chi connectivity index (χ0v) is 9.90. The van der Waals surface area contributed by atoms with Gasteiger partial charge < -0.3 is 0 Å². The predicted octanol–water partition coefficient (Wildman–Crippen LogP) is 2.55. The van der Waals surface area contributed by atoms with Crippen molar-refractivity contribution in [1.29, 1.82) is 0 Å². The molecule has 0 fully saturated rings. The summed E-state index contributed by atoms with van der Waals surface area (Å²) in [6.07, 6.45) is 0. The summed E-state index contributed by atoms with van der Waals surface area (Å²) in [4.78, 5) is 10.1. The van der Waals surface area contributed by atoms with Crippen molar-refractivity contribution in [3.05, 3.63) is 35.9 Å². The number of benzene rings is 1. The van der Waals surface area contributed by atoms with Crippen LogP contribution < -0.4 is 0 Å². The lowest BCUT2D eigenvalue weighted by Gasteiger charge is -2.19. The molecule has 0 aliphatic rings. The Morgan fingerprint density at radius 3 is 2.29 bits per heavy atom. The van der Waals surface area contributed by atoms with Gasteiger partial charge in [0.05, 0.1) is 25.6 Å². The first-order chi connectivity index (χ1) is 6.77. The van der Waals surface area contributed by atoms with Crippen LogP contribution in [-0.2, 0) is 9.68 Å². The monoisotopic (exact) mass is 259 g/mol. The summed E-state index contributed by atoms with van der Waals surface area (Å²) in [5, 5.41) is 1.42. The summed E-state index contributed by atoms with van der Waals surface area (Å²) in [6, 6.07) is 10.1. The van der Waals surface area contributed by atoms with Gasteiger partial charge in [-0.15, -0.1) is 0 Å². The molecule has 3 nitrogen and oxygen atoms in total. The van der Waals surface area contributed by atoms with Crippen molar-refractivity contribution in [2.24, 2.45) is 0 Å². The van der Waals surface area contributed by atoms with Crippen molar-refractivity contribution in [3.8, 4) is 0 Å². The second kappa shape index (κ2) is 6.14. The van der Waals surface area contributed by atoms with Gasteiger partial charge in [0.15, 0.2) is 0 Å². The van der Waals surface area contributed by atoms with E-state index >= 15 is 0 Å². The average molecular weight is 260 g/mol. The summed E-state index contributed by atoms with van der Waals surface area (Å²) in [5.41, 5.74) is 1.20. The first-order valence-corrected chi connectivity index (χ1v) is 5.24. The number of halogens is 1. The third-order valence-electron chi connectivity index (χ3n) is 1.88. The number of hydrogen-bond acceptors (Lipinski definition) is 3. The van der Waals surface area contributed by atoms with E-state index in [9.17, 15) is 0 Å². The Kier molecular flexibility index (Phi) is 5.11. The van der Waals surface area contributed by atoms with Crippen LogP contribution in [0.25, 0.3) is 0 Å². The molecule has 0 N–H and O–H groups in total. The van der Waals surface area contributed by atoms with Crippen molar-refractivity contribution in [3.63, 3.8) is 0 Å². The molecule has 1 rings (SSSR count). The van der Waals surface area contributed by atoms with E-state index in [1.54, 1.807) is 14.2 Å². The smallest absolute Gasteiger partial charge is 0.0683 e. The van der Waals surface area contributed by atoms with Gasteiger partial charge in [-0.2, -0.15) is 0 Å². The third-order valence-corrected chi connectivity index (χ3v) is 2.70. The first kappa shape index (κ1) is 11.7. The Labute approximate surface area is 92.7 Å². The topological polar surface area (TPSA) is 21.7 Å². The Balaban J connectivity index is 2.54. The third kappa shape index (κ3) is 3.38. The normalized spacial score (nSPS) is 13.1. The molecule has 0 aromatic heterocycles. The van der Waals surface area contributed by atoms with Crippen molar-refractivity contribution >= 4 is 15.9 Å². The summed E-state index contributed by atoms with van der Waals surface area (Å²) >= 11 is 3.57. The predicted molar refractivity (Wildman–Crippen MR) is 58.8 cm³/mol. The lowest BCUT2D eigenvalue weighted by atomic mass is 10.1. The van der Waals surface area contributed by atoms with Crippen LogP contribution in [0.1, 0.15) is 10.4 Å². The van der Waals surface area contributed by atoms with E-state index in [0.29, 0.717) is 6.54 Å². The molecule has 0 saturated heterocycles. The van der Waals surface area contributed by atoms with E-state index in [0.717, 1.165) is 0 Å². The lowest BCUT2D eigenvalue weighted by Crippen LogP contribution is -2.24. The molecule has 0 saturated carbocycles. The zero-order chi connectivity index (χ0) is 10.4. The van der Waals surface area contributed by atoms with E-state index in [-0.39, 0.29) is 4.83 Å². The molecule has 4 heteroatoms. The maximum absolute atomic E-state index is 4.97. The minimum Gasteiger partial charge on any atom is -0.278 e. The highest BCUT2D eigenvalue weighted by molar-refractivity contribution is 9.09. The van der Waals surface area contributed by atoms with E-state index in [4.69, 9.17) is 9.68 Å². The number of alkyl halides is 1. The maximum Gasteiger partial charge on any atom is 0.0683 e. The van der Waals surface area contributed by atoms with Gasteiger partial charge in [0.2, 0.25) is 0 Å². The van der Waals surface area contributed by atoms with Gasteiger partial charge in [-0.3, -0.25) is 9.68 Å². The SMILES string of the molecule is CON(CC(Br)c1ccccc1)OC. The average Bonchev–Trinajstić information content (AvgIpc) is 2.26. The largest absolute Gasteiger partial charge is 0.278 e. The Morgan fingerprint density at radius 1 is 1.21 bits per heavy atom. The molecule has 78 valence electrons. The molecule has 1 aromatic carbocycles. The Bertz CT molecular complexity index is 252. The summed E-state index contributed by atoms with van der Waals surface area (Å²) in [6.45, 7) is 0.636. The molecule has 0 aliphatic heterocycles. The lowest BCUT2D eigenvalue weighted by molar-refractivity contribution is -0.341. The molecule has 1 unspecified atom stereocenters. The Morgan fingerprint density at radius 2 is 1.79 bits per heavy atom. The van der Waals surface area contributed by atoms with Crippen LogP contribution in [0.5, 0.6) is 0 Å². The molecule has 0 amide bonds. The highest BCUT2D eigenvalue weighted by Crippen LogP contribution is 2.23. The van der Waals surface area contributed by atoms with E-state index in [1.165, 1.54) is 10.8 Å². The quantitative estimate of drug-likeness (QED) is 0.600. The Hall–Kier alpha value is -0.420.